The normalized spacial score (nSPS) is 21.6. The van der Waals surface area contributed by atoms with Crippen molar-refractivity contribution < 1.29 is 39.6 Å². The average Bonchev–Trinajstić information content (AvgIpc) is 3.88. The van der Waals surface area contributed by atoms with E-state index in [1.165, 1.54) is 27.8 Å². The summed E-state index contributed by atoms with van der Waals surface area (Å²) in [4.78, 5) is 14.1. The van der Waals surface area contributed by atoms with Crippen LogP contribution in [0.25, 0.3) is 5.69 Å². The molecule has 1 aliphatic heterocycles. The topological polar surface area (TPSA) is 108 Å². The van der Waals surface area contributed by atoms with Crippen LogP contribution < -0.4 is 10.2 Å². The summed E-state index contributed by atoms with van der Waals surface area (Å²) in [5, 5.41) is 15.3. The summed E-state index contributed by atoms with van der Waals surface area (Å²) in [6.45, 7) is -0.400. The van der Waals surface area contributed by atoms with Crippen LogP contribution in [0.4, 0.5) is 32.2 Å². The van der Waals surface area contributed by atoms with Gasteiger partial charge in [0.25, 0.3) is 0 Å². The van der Waals surface area contributed by atoms with Crippen LogP contribution in [0, 0.1) is 11.3 Å². The maximum atomic E-state index is 13.8. The molecule has 3 fully saturated rings. The van der Waals surface area contributed by atoms with Gasteiger partial charge in [0, 0.05) is 18.5 Å². The van der Waals surface area contributed by atoms with Crippen LogP contribution in [-0.4, -0.2) is 47.5 Å². The monoisotopic (exact) mass is 637 g/mol. The lowest BCUT2D eigenvalue weighted by atomic mass is 10.1. The summed E-state index contributed by atoms with van der Waals surface area (Å²) in [5.41, 5.74) is -2.54. The standard InChI is InChI=1S/C29H25F6N5O3S/c30-28(31,32)18-7-9-19(10-8-18)40-25(14-22(38-40)17-5-6-17)39-15-20(13-23(39)26(41)37-27(16-36)11-12-27)44(42,43)24-4-2-1-3-21(24)29(33,34)35/h1-4,7-10,14,17,20,23H,5-6,11-13,15H2,(H,37,41). The van der Waals surface area contributed by atoms with Crippen molar-refractivity contribution in [1.29, 1.82) is 5.26 Å². The van der Waals surface area contributed by atoms with Crippen molar-refractivity contribution in [3.8, 4) is 11.8 Å². The van der Waals surface area contributed by atoms with Crippen molar-refractivity contribution in [3.63, 3.8) is 0 Å². The molecule has 0 spiro atoms. The van der Waals surface area contributed by atoms with Gasteiger partial charge in [-0.05, 0) is 68.5 Å². The lowest BCUT2D eigenvalue weighted by Crippen LogP contribution is -2.48. The summed E-state index contributed by atoms with van der Waals surface area (Å²) in [6, 6.07) is 10.4. The fourth-order valence-corrected chi connectivity index (χ4v) is 7.43. The van der Waals surface area contributed by atoms with E-state index in [0.717, 1.165) is 37.1 Å². The number of alkyl halides is 6. The number of anilines is 1. The molecule has 44 heavy (non-hydrogen) atoms. The van der Waals surface area contributed by atoms with Gasteiger partial charge in [-0.2, -0.15) is 36.7 Å². The zero-order valence-corrected chi connectivity index (χ0v) is 23.7. The van der Waals surface area contributed by atoms with Gasteiger partial charge in [-0.15, -0.1) is 0 Å². The molecule has 15 heteroatoms. The highest BCUT2D eigenvalue weighted by atomic mass is 32.2. The Morgan fingerprint density at radius 2 is 1.66 bits per heavy atom. The third kappa shape index (κ3) is 5.51. The minimum Gasteiger partial charge on any atom is -0.343 e. The average molecular weight is 638 g/mol. The summed E-state index contributed by atoms with van der Waals surface area (Å²) >= 11 is 0. The number of benzene rings is 2. The molecule has 1 saturated heterocycles. The van der Waals surface area contributed by atoms with Crippen molar-refractivity contribution in [2.24, 2.45) is 0 Å². The van der Waals surface area contributed by atoms with Crippen LogP contribution in [0.2, 0.25) is 0 Å². The molecule has 232 valence electrons. The van der Waals surface area contributed by atoms with E-state index in [4.69, 9.17) is 0 Å². The molecule has 3 aliphatic rings. The van der Waals surface area contributed by atoms with Crippen LogP contribution in [0.5, 0.6) is 0 Å². The highest BCUT2D eigenvalue weighted by molar-refractivity contribution is 7.92. The number of sulfone groups is 1. The van der Waals surface area contributed by atoms with E-state index < -0.39 is 73.9 Å². The maximum Gasteiger partial charge on any atom is 0.417 e. The quantitative estimate of drug-likeness (QED) is 0.349. The molecule has 8 nitrogen and oxygen atoms in total. The van der Waals surface area contributed by atoms with Gasteiger partial charge < -0.3 is 10.2 Å². The molecule has 2 atom stereocenters. The molecule has 2 heterocycles. The smallest absolute Gasteiger partial charge is 0.343 e. The first-order valence-electron chi connectivity index (χ1n) is 13.8. The van der Waals surface area contributed by atoms with E-state index >= 15 is 0 Å². The fraction of sp³-hybridized carbons (Fsp3) is 0.414. The maximum absolute atomic E-state index is 13.8. The Hall–Kier alpha value is -4.06. The lowest BCUT2D eigenvalue weighted by Gasteiger charge is -2.27. The van der Waals surface area contributed by atoms with Crippen LogP contribution >= 0.6 is 0 Å². The summed E-state index contributed by atoms with van der Waals surface area (Å²) < 4.78 is 110. The van der Waals surface area contributed by atoms with E-state index in [9.17, 15) is 44.8 Å². The first-order chi connectivity index (χ1) is 20.6. The Labute approximate surface area is 248 Å². The van der Waals surface area contributed by atoms with Gasteiger partial charge in [-0.1, -0.05) is 12.1 Å². The molecule has 2 saturated carbocycles. The molecule has 2 aromatic carbocycles. The third-order valence-electron chi connectivity index (χ3n) is 8.27. The van der Waals surface area contributed by atoms with E-state index in [1.54, 1.807) is 6.07 Å². The zero-order chi connectivity index (χ0) is 31.7. The van der Waals surface area contributed by atoms with E-state index in [2.05, 4.69) is 10.4 Å². The molecule has 0 radical (unpaired) electrons. The second-order valence-corrected chi connectivity index (χ2v) is 13.6. The Kier molecular flexibility index (Phi) is 6.99. The number of hydrogen-bond acceptors (Lipinski definition) is 6. The molecule has 0 bridgehead atoms. The van der Waals surface area contributed by atoms with Crippen molar-refractivity contribution in [1.82, 2.24) is 15.1 Å². The van der Waals surface area contributed by atoms with Crippen molar-refractivity contribution in [3.05, 3.63) is 71.4 Å². The first-order valence-corrected chi connectivity index (χ1v) is 15.4. The van der Waals surface area contributed by atoms with Gasteiger partial charge in [0.05, 0.1) is 38.7 Å². The molecule has 6 rings (SSSR count). The SMILES string of the molecule is N#CC1(NC(=O)C2CC(S(=O)(=O)c3ccccc3C(F)(F)F)CN2c2cc(C3CC3)nn2-c2ccc(C(F)(F)F)cc2)CC1. The second-order valence-electron chi connectivity index (χ2n) is 11.4. The van der Waals surface area contributed by atoms with E-state index in [0.29, 0.717) is 24.6 Å². The summed E-state index contributed by atoms with van der Waals surface area (Å²) in [6.07, 6.45) is -7.54. The number of carbonyl (C=O) groups is 1. The molecule has 1 N–H and O–H groups in total. The summed E-state index contributed by atoms with van der Waals surface area (Å²) in [7, 11) is -4.65. The molecule has 1 aromatic heterocycles. The van der Waals surface area contributed by atoms with Crippen molar-refractivity contribution >= 4 is 21.6 Å². The Morgan fingerprint density at radius 1 is 1.00 bits per heavy atom. The van der Waals surface area contributed by atoms with E-state index in [1.807, 2.05) is 6.07 Å². The van der Waals surface area contributed by atoms with Crippen molar-refractivity contribution in [2.75, 3.05) is 11.4 Å². The number of rotatable bonds is 7. The molecule has 2 aliphatic carbocycles. The van der Waals surface area contributed by atoms with Crippen molar-refractivity contribution in [2.45, 2.75) is 72.1 Å². The second kappa shape index (κ2) is 10.3. The summed E-state index contributed by atoms with van der Waals surface area (Å²) in [5.74, 6) is -0.416. The minimum atomic E-state index is -4.95. The van der Waals surface area contributed by atoms with Gasteiger partial charge in [-0.3, -0.25) is 4.79 Å². The van der Waals surface area contributed by atoms with E-state index in [-0.39, 0.29) is 17.4 Å². The number of halogens is 6. The molecule has 3 aromatic rings. The van der Waals surface area contributed by atoms with Crippen LogP contribution in [0.15, 0.2) is 59.5 Å². The lowest BCUT2D eigenvalue weighted by molar-refractivity contribution is -0.140. The number of nitriles is 1. The highest BCUT2D eigenvalue weighted by Gasteiger charge is 2.51. The first kappa shape index (κ1) is 30.0. The largest absolute Gasteiger partial charge is 0.417 e. The molecular formula is C29H25F6N5O3S. The Bertz CT molecular complexity index is 1750. The fourth-order valence-electron chi connectivity index (χ4n) is 5.52. The Morgan fingerprint density at radius 3 is 2.23 bits per heavy atom. The number of hydrogen-bond donors (Lipinski definition) is 1. The van der Waals surface area contributed by atoms with Crippen LogP contribution in [-0.2, 0) is 27.0 Å². The van der Waals surface area contributed by atoms with Gasteiger partial charge >= 0.3 is 12.4 Å². The Balaban J connectivity index is 1.43. The number of nitrogens with zero attached hydrogens (tertiary/aromatic N) is 4. The number of amides is 1. The number of aromatic nitrogens is 2. The number of nitrogens with one attached hydrogen (secondary N) is 1. The predicted octanol–water partition coefficient (Wildman–Crippen LogP) is 5.38. The molecular weight excluding hydrogens is 612 g/mol. The van der Waals surface area contributed by atoms with Crippen LogP contribution in [0.3, 0.4) is 0 Å². The predicted molar refractivity (Wildman–Crippen MR) is 144 cm³/mol. The zero-order valence-electron chi connectivity index (χ0n) is 22.9. The third-order valence-corrected chi connectivity index (χ3v) is 10.5. The molecule has 1 amide bonds. The minimum absolute atomic E-state index is 0.0610. The van der Waals surface area contributed by atoms with Gasteiger partial charge in [0.15, 0.2) is 9.84 Å². The molecule has 2 unspecified atom stereocenters. The van der Waals surface area contributed by atoms with Gasteiger partial charge in [-0.25, -0.2) is 13.1 Å². The number of carbonyl (C=O) groups excluding carboxylic acids is 1. The van der Waals surface area contributed by atoms with Gasteiger partial charge in [0.2, 0.25) is 5.91 Å². The van der Waals surface area contributed by atoms with Gasteiger partial charge in [0.1, 0.15) is 17.4 Å². The highest BCUT2D eigenvalue weighted by Crippen LogP contribution is 2.44. The van der Waals surface area contributed by atoms with Crippen LogP contribution in [0.1, 0.15) is 54.8 Å².